The summed E-state index contributed by atoms with van der Waals surface area (Å²) in [6.07, 6.45) is 2.59. The van der Waals surface area contributed by atoms with Gasteiger partial charge in [-0.05, 0) is 51.6 Å². The Morgan fingerprint density at radius 2 is 2.28 bits per heavy atom. The van der Waals surface area contributed by atoms with E-state index in [-0.39, 0.29) is 0 Å². The number of hydrogen-bond donors (Lipinski definition) is 1. The van der Waals surface area contributed by atoms with Gasteiger partial charge in [0.15, 0.2) is 0 Å². The standard InChI is InChI=1S/C14H20N4/c1-10-16-13-8-11(15)5-6-14(13)18(10)9-12-4-3-7-17(12)2/h5-6,8,12H,3-4,7,9,15H2,1-2H3. The highest BCUT2D eigenvalue weighted by Gasteiger charge is 2.22. The van der Waals surface area contributed by atoms with Gasteiger partial charge in [-0.15, -0.1) is 0 Å². The van der Waals surface area contributed by atoms with E-state index in [1.54, 1.807) is 0 Å². The number of likely N-dealkylation sites (N-methyl/N-ethyl adjacent to an activating group) is 1. The minimum absolute atomic E-state index is 0.638. The average molecular weight is 244 g/mol. The lowest BCUT2D eigenvalue weighted by atomic mass is 10.2. The van der Waals surface area contributed by atoms with E-state index in [1.165, 1.54) is 24.9 Å². The quantitative estimate of drug-likeness (QED) is 0.822. The van der Waals surface area contributed by atoms with Gasteiger partial charge >= 0.3 is 0 Å². The molecule has 0 spiro atoms. The van der Waals surface area contributed by atoms with E-state index in [2.05, 4.69) is 34.5 Å². The molecule has 1 atom stereocenters. The summed E-state index contributed by atoms with van der Waals surface area (Å²) in [5, 5.41) is 0. The Morgan fingerprint density at radius 1 is 1.44 bits per heavy atom. The molecule has 2 aromatic rings. The molecule has 3 rings (SSSR count). The molecule has 1 aromatic carbocycles. The molecule has 0 saturated carbocycles. The lowest BCUT2D eigenvalue weighted by Gasteiger charge is -2.21. The largest absolute Gasteiger partial charge is 0.399 e. The van der Waals surface area contributed by atoms with Crippen LogP contribution in [-0.4, -0.2) is 34.1 Å². The summed E-state index contributed by atoms with van der Waals surface area (Å²) in [6.45, 7) is 4.32. The van der Waals surface area contributed by atoms with Gasteiger partial charge in [0, 0.05) is 18.3 Å². The van der Waals surface area contributed by atoms with E-state index in [0.29, 0.717) is 6.04 Å². The zero-order valence-corrected chi connectivity index (χ0v) is 11.1. The maximum absolute atomic E-state index is 5.81. The summed E-state index contributed by atoms with van der Waals surface area (Å²) in [6, 6.07) is 6.63. The molecule has 1 aliphatic heterocycles. The number of aryl methyl sites for hydroxylation is 1. The molecule has 1 aliphatic rings. The number of nitrogen functional groups attached to an aromatic ring is 1. The van der Waals surface area contributed by atoms with Crippen molar-refractivity contribution in [1.29, 1.82) is 0 Å². The van der Waals surface area contributed by atoms with Crippen molar-refractivity contribution in [2.24, 2.45) is 0 Å². The zero-order chi connectivity index (χ0) is 12.7. The van der Waals surface area contributed by atoms with E-state index in [4.69, 9.17) is 5.73 Å². The van der Waals surface area contributed by atoms with Gasteiger partial charge in [0.2, 0.25) is 0 Å². The predicted molar refractivity (Wildman–Crippen MR) is 74.5 cm³/mol. The van der Waals surface area contributed by atoms with Crippen LogP contribution in [0.3, 0.4) is 0 Å². The first kappa shape index (κ1) is 11.5. The minimum Gasteiger partial charge on any atom is -0.399 e. The molecule has 2 N–H and O–H groups in total. The van der Waals surface area contributed by atoms with Crippen molar-refractivity contribution in [2.45, 2.75) is 32.4 Å². The first-order valence-electron chi connectivity index (χ1n) is 6.58. The smallest absolute Gasteiger partial charge is 0.106 e. The summed E-state index contributed by atoms with van der Waals surface area (Å²) in [5.41, 5.74) is 8.80. The number of nitrogens with two attached hydrogens (primary N) is 1. The van der Waals surface area contributed by atoms with E-state index in [1.807, 2.05) is 12.1 Å². The highest BCUT2D eigenvalue weighted by atomic mass is 15.2. The van der Waals surface area contributed by atoms with Crippen LogP contribution in [-0.2, 0) is 6.54 Å². The van der Waals surface area contributed by atoms with Crippen LogP contribution in [0.5, 0.6) is 0 Å². The number of imidazole rings is 1. The molecule has 4 heteroatoms. The van der Waals surface area contributed by atoms with E-state index >= 15 is 0 Å². The molecule has 1 unspecified atom stereocenters. The van der Waals surface area contributed by atoms with Gasteiger partial charge in [0.1, 0.15) is 5.82 Å². The Kier molecular flexibility index (Phi) is 2.74. The van der Waals surface area contributed by atoms with Crippen molar-refractivity contribution < 1.29 is 0 Å². The highest BCUT2D eigenvalue weighted by Crippen LogP contribution is 2.22. The number of likely N-dealkylation sites (tertiary alicyclic amines) is 1. The topological polar surface area (TPSA) is 47.1 Å². The van der Waals surface area contributed by atoms with Crippen LogP contribution in [0, 0.1) is 6.92 Å². The van der Waals surface area contributed by atoms with Crippen molar-refractivity contribution in [3.8, 4) is 0 Å². The van der Waals surface area contributed by atoms with Crippen molar-refractivity contribution in [3.63, 3.8) is 0 Å². The second-order valence-electron chi connectivity index (χ2n) is 5.29. The summed E-state index contributed by atoms with van der Waals surface area (Å²) in [7, 11) is 2.21. The second-order valence-corrected chi connectivity index (χ2v) is 5.29. The molecule has 0 radical (unpaired) electrons. The fraction of sp³-hybridized carbons (Fsp3) is 0.500. The molecular weight excluding hydrogens is 224 g/mol. The van der Waals surface area contributed by atoms with Crippen LogP contribution in [0.15, 0.2) is 18.2 Å². The number of nitrogens with zero attached hydrogens (tertiary/aromatic N) is 3. The average Bonchev–Trinajstić information content (AvgIpc) is 2.85. The number of benzene rings is 1. The van der Waals surface area contributed by atoms with E-state index in [9.17, 15) is 0 Å². The SMILES string of the molecule is Cc1nc2cc(N)ccc2n1CC1CCCN1C. The molecule has 1 fully saturated rings. The van der Waals surface area contributed by atoms with Gasteiger partial charge in [-0.2, -0.15) is 0 Å². The van der Waals surface area contributed by atoms with Crippen LogP contribution in [0.4, 0.5) is 5.69 Å². The summed E-state index contributed by atoms with van der Waals surface area (Å²) in [5.74, 6) is 1.08. The number of rotatable bonds is 2. The number of anilines is 1. The molecule has 0 bridgehead atoms. The molecule has 0 aliphatic carbocycles. The summed E-state index contributed by atoms with van der Waals surface area (Å²) >= 11 is 0. The summed E-state index contributed by atoms with van der Waals surface area (Å²) in [4.78, 5) is 7.05. The Morgan fingerprint density at radius 3 is 3.00 bits per heavy atom. The molecule has 0 amide bonds. The molecule has 18 heavy (non-hydrogen) atoms. The number of hydrogen-bond acceptors (Lipinski definition) is 3. The van der Waals surface area contributed by atoms with Gasteiger partial charge in [-0.1, -0.05) is 0 Å². The first-order chi connectivity index (χ1) is 8.65. The summed E-state index contributed by atoms with van der Waals surface area (Å²) < 4.78 is 2.32. The fourth-order valence-electron chi connectivity index (χ4n) is 2.92. The maximum atomic E-state index is 5.81. The van der Waals surface area contributed by atoms with Crippen molar-refractivity contribution in [2.75, 3.05) is 19.3 Å². The Bertz CT molecular complexity index is 572. The number of aromatic nitrogens is 2. The second kappa shape index (κ2) is 4.28. The monoisotopic (exact) mass is 244 g/mol. The first-order valence-corrected chi connectivity index (χ1v) is 6.58. The highest BCUT2D eigenvalue weighted by molar-refractivity contribution is 5.79. The van der Waals surface area contributed by atoms with Crippen LogP contribution < -0.4 is 5.73 Å². The van der Waals surface area contributed by atoms with Gasteiger partial charge < -0.3 is 15.2 Å². The molecule has 1 saturated heterocycles. The van der Waals surface area contributed by atoms with Gasteiger partial charge in [-0.3, -0.25) is 0 Å². The van der Waals surface area contributed by atoms with Crippen LogP contribution in [0.2, 0.25) is 0 Å². The van der Waals surface area contributed by atoms with Crippen LogP contribution in [0.25, 0.3) is 11.0 Å². The Hall–Kier alpha value is -1.55. The third-order valence-corrected chi connectivity index (χ3v) is 4.03. The van der Waals surface area contributed by atoms with Crippen LogP contribution >= 0.6 is 0 Å². The molecular formula is C14H20N4. The third-order valence-electron chi connectivity index (χ3n) is 4.03. The van der Waals surface area contributed by atoms with Crippen molar-refractivity contribution in [3.05, 3.63) is 24.0 Å². The predicted octanol–water partition coefficient (Wildman–Crippen LogP) is 2.02. The molecule has 2 heterocycles. The molecule has 96 valence electrons. The Balaban J connectivity index is 1.98. The normalized spacial score (nSPS) is 20.9. The van der Waals surface area contributed by atoms with Crippen molar-refractivity contribution >= 4 is 16.7 Å². The Labute approximate surface area is 107 Å². The number of fused-ring (bicyclic) bond motifs is 1. The lowest BCUT2D eigenvalue weighted by Crippen LogP contribution is -2.29. The van der Waals surface area contributed by atoms with Gasteiger partial charge in [0.05, 0.1) is 11.0 Å². The van der Waals surface area contributed by atoms with E-state index < -0.39 is 0 Å². The maximum Gasteiger partial charge on any atom is 0.106 e. The lowest BCUT2D eigenvalue weighted by molar-refractivity contribution is 0.283. The third kappa shape index (κ3) is 1.86. The molecule has 4 nitrogen and oxygen atoms in total. The zero-order valence-electron chi connectivity index (χ0n) is 11.1. The van der Waals surface area contributed by atoms with Gasteiger partial charge in [0.25, 0.3) is 0 Å². The van der Waals surface area contributed by atoms with E-state index in [0.717, 1.165) is 23.6 Å². The van der Waals surface area contributed by atoms with Crippen LogP contribution in [0.1, 0.15) is 18.7 Å². The van der Waals surface area contributed by atoms with Gasteiger partial charge in [-0.25, -0.2) is 4.98 Å². The van der Waals surface area contributed by atoms with Crippen molar-refractivity contribution in [1.82, 2.24) is 14.5 Å². The molecule has 1 aromatic heterocycles. The fourth-order valence-corrected chi connectivity index (χ4v) is 2.92. The minimum atomic E-state index is 0.638.